The molecule has 0 saturated carbocycles. The van der Waals surface area contributed by atoms with Gasteiger partial charge in [0, 0.05) is 28.9 Å². The van der Waals surface area contributed by atoms with Gasteiger partial charge in [-0.3, -0.25) is 14.8 Å². The molecule has 1 N–H and O–H groups in total. The number of fused-ring (bicyclic) bond motifs is 3. The Morgan fingerprint density at radius 1 is 1.30 bits per heavy atom. The van der Waals surface area contributed by atoms with Crippen molar-refractivity contribution in [1.29, 1.82) is 0 Å². The number of carboxylic acids is 1. The second kappa shape index (κ2) is 7.08. The monoisotopic (exact) mass is 424 g/mol. The van der Waals surface area contributed by atoms with Crippen molar-refractivity contribution < 1.29 is 9.90 Å². The van der Waals surface area contributed by atoms with E-state index < -0.39 is 5.97 Å². The Kier molecular flexibility index (Phi) is 4.61. The van der Waals surface area contributed by atoms with Gasteiger partial charge >= 0.3 is 5.97 Å². The number of pyridine rings is 1. The van der Waals surface area contributed by atoms with Crippen LogP contribution in [0.5, 0.6) is 0 Å². The van der Waals surface area contributed by atoms with Gasteiger partial charge in [0.25, 0.3) is 0 Å². The lowest BCUT2D eigenvalue weighted by Crippen LogP contribution is -2.09. The van der Waals surface area contributed by atoms with Crippen molar-refractivity contribution in [3.63, 3.8) is 0 Å². The van der Waals surface area contributed by atoms with E-state index in [1.807, 2.05) is 54.1 Å². The van der Waals surface area contributed by atoms with E-state index in [9.17, 15) is 4.79 Å². The maximum absolute atomic E-state index is 11.2. The number of carboxylic acid groups (broad SMARTS) is 1. The summed E-state index contributed by atoms with van der Waals surface area (Å²) in [5.41, 5.74) is 4.25. The minimum atomic E-state index is -0.844. The molecule has 0 radical (unpaired) electrons. The lowest BCUT2D eigenvalue weighted by atomic mass is 10.0. The summed E-state index contributed by atoms with van der Waals surface area (Å²) >= 11 is 3.55. The van der Waals surface area contributed by atoms with Crippen LogP contribution in [-0.4, -0.2) is 31.3 Å². The first kappa shape index (κ1) is 17.6. The average Bonchev–Trinajstić information content (AvgIpc) is 2.98. The molecular formula is C20H17BrN4O2. The first-order valence-corrected chi connectivity index (χ1v) is 9.39. The summed E-state index contributed by atoms with van der Waals surface area (Å²) in [4.78, 5) is 25.2. The molecule has 3 heterocycles. The highest BCUT2D eigenvalue weighted by atomic mass is 79.9. The van der Waals surface area contributed by atoms with Crippen molar-refractivity contribution in [3.05, 3.63) is 76.0 Å². The number of carbonyl (C=O) groups is 1. The summed E-state index contributed by atoms with van der Waals surface area (Å²) in [5.74, 6) is -0.0906. The van der Waals surface area contributed by atoms with E-state index in [0.29, 0.717) is 6.42 Å². The fourth-order valence-corrected chi connectivity index (χ4v) is 3.66. The van der Waals surface area contributed by atoms with Gasteiger partial charge in [0.1, 0.15) is 11.9 Å². The molecule has 0 unspecified atom stereocenters. The van der Waals surface area contributed by atoms with Crippen LogP contribution in [0, 0.1) is 6.92 Å². The van der Waals surface area contributed by atoms with Gasteiger partial charge < -0.3 is 9.67 Å². The Morgan fingerprint density at radius 3 is 2.89 bits per heavy atom. The lowest BCUT2D eigenvalue weighted by Gasteiger charge is -2.12. The van der Waals surface area contributed by atoms with Crippen LogP contribution >= 0.6 is 15.9 Å². The lowest BCUT2D eigenvalue weighted by molar-refractivity contribution is -0.137. The maximum atomic E-state index is 11.2. The Bertz CT molecular complexity index is 1040. The number of aliphatic imine (C=N–C) groups is 1. The predicted molar refractivity (Wildman–Crippen MR) is 105 cm³/mol. The Labute approximate surface area is 164 Å². The van der Waals surface area contributed by atoms with Crippen molar-refractivity contribution in [2.45, 2.75) is 25.8 Å². The van der Waals surface area contributed by atoms with Gasteiger partial charge in [-0.1, -0.05) is 22.0 Å². The molecule has 0 aliphatic carbocycles. The first-order valence-electron chi connectivity index (χ1n) is 8.60. The fourth-order valence-electron chi connectivity index (χ4n) is 3.30. The first-order chi connectivity index (χ1) is 13.0. The van der Waals surface area contributed by atoms with Crippen molar-refractivity contribution in [1.82, 2.24) is 14.5 Å². The van der Waals surface area contributed by atoms with Gasteiger partial charge in [0.2, 0.25) is 0 Å². The molecule has 1 aromatic carbocycles. The minimum absolute atomic E-state index is 0.0234. The van der Waals surface area contributed by atoms with Crippen LogP contribution in [0.15, 0.2) is 58.3 Å². The van der Waals surface area contributed by atoms with Crippen molar-refractivity contribution >= 4 is 27.6 Å². The summed E-state index contributed by atoms with van der Waals surface area (Å²) in [7, 11) is 0. The summed E-state index contributed by atoms with van der Waals surface area (Å²) < 4.78 is 2.95. The highest BCUT2D eigenvalue weighted by molar-refractivity contribution is 9.10. The maximum Gasteiger partial charge on any atom is 0.303 e. The van der Waals surface area contributed by atoms with Crippen LogP contribution < -0.4 is 0 Å². The van der Waals surface area contributed by atoms with E-state index in [0.717, 1.165) is 38.6 Å². The average molecular weight is 425 g/mol. The number of hydrogen-bond acceptors (Lipinski definition) is 4. The molecular weight excluding hydrogens is 408 g/mol. The molecule has 0 bridgehead atoms. The number of imidazole rings is 1. The number of aryl methyl sites for hydroxylation is 1. The van der Waals surface area contributed by atoms with Gasteiger partial charge in [-0.05, 0) is 43.7 Å². The zero-order valence-electron chi connectivity index (χ0n) is 14.6. The quantitative estimate of drug-likeness (QED) is 0.683. The Balaban J connectivity index is 1.96. The van der Waals surface area contributed by atoms with E-state index in [-0.39, 0.29) is 12.5 Å². The molecule has 0 amide bonds. The predicted octanol–water partition coefficient (Wildman–Crippen LogP) is 4.10. The Morgan fingerprint density at radius 2 is 2.15 bits per heavy atom. The number of rotatable bonds is 4. The molecule has 0 saturated heterocycles. The third kappa shape index (κ3) is 3.42. The van der Waals surface area contributed by atoms with Gasteiger partial charge in [-0.15, -0.1) is 0 Å². The van der Waals surface area contributed by atoms with Crippen molar-refractivity contribution in [2.24, 2.45) is 4.99 Å². The number of aliphatic carboxylic acids is 1. The second-order valence-electron chi connectivity index (χ2n) is 6.41. The van der Waals surface area contributed by atoms with E-state index in [4.69, 9.17) is 10.1 Å². The van der Waals surface area contributed by atoms with Crippen molar-refractivity contribution in [2.75, 3.05) is 0 Å². The SMILES string of the molecule is Cc1cn2c(n1)[C@H](CCC(=O)O)N=C(c1ccccn1)c1cc(Br)ccc1-2. The normalized spacial score (nSPS) is 15.5. The highest BCUT2D eigenvalue weighted by Crippen LogP contribution is 2.33. The number of halogens is 1. The van der Waals surface area contributed by atoms with Crippen LogP contribution in [0.3, 0.4) is 0 Å². The summed E-state index contributed by atoms with van der Waals surface area (Å²) in [6.07, 6.45) is 4.09. The summed E-state index contributed by atoms with van der Waals surface area (Å²) in [5, 5.41) is 9.17. The van der Waals surface area contributed by atoms with Gasteiger partial charge in [0.15, 0.2) is 0 Å². The fraction of sp³-hybridized carbons (Fsp3) is 0.200. The molecule has 3 aromatic rings. The van der Waals surface area contributed by atoms with Gasteiger partial charge in [-0.25, -0.2) is 4.98 Å². The van der Waals surface area contributed by atoms with Crippen LogP contribution in [0.25, 0.3) is 5.69 Å². The molecule has 2 aromatic heterocycles. The molecule has 136 valence electrons. The molecule has 0 fully saturated rings. The zero-order valence-corrected chi connectivity index (χ0v) is 16.2. The van der Waals surface area contributed by atoms with E-state index >= 15 is 0 Å². The molecule has 4 rings (SSSR count). The van der Waals surface area contributed by atoms with Crippen LogP contribution in [0.2, 0.25) is 0 Å². The van der Waals surface area contributed by atoms with E-state index in [1.54, 1.807) is 6.20 Å². The largest absolute Gasteiger partial charge is 0.481 e. The second-order valence-corrected chi connectivity index (χ2v) is 7.33. The standard InChI is InChI=1S/C20H17BrN4O2/c1-12-11-25-17-7-5-13(21)10-14(17)19(15-4-2-3-9-22-15)24-16(20(25)23-12)6-8-18(26)27/h2-5,7,9-11,16H,6,8H2,1H3,(H,26,27)/t16-/m0/s1. The number of benzene rings is 1. The summed E-state index contributed by atoms with van der Waals surface area (Å²) in [6.45, 7) is 1.93. The topological polar surface area (TPSA) is 80.4 Å². The molecule has 7 heteroatoms. The number of hydrogen-bond donors (Lipinski definition) is 1. The minimum Gasteiger partial charge on any atom is -0.481 e. The van der Waals surface area contributed by atoms with E-state index in [1.165, 1.54) is 0 Å². The molecule has 6 nitrogen and oxygen atoms in total. The van der Waals surface area contributed by atoms with Gasteiger partial charge in [0.05, 0.1) is 22.8 Å². The third-order valence-electron chi connectivity index (χ3n) is 4.45. The number of aromatic nitrogens is 3. The van der Waals surface area contributed by atoms with E-state index in [2.05, 4.69) is 25.9 Å². The molecule has 1 aliphatic rings. The van der Waals surface area contributed by atoms with Crippen LogP contribution in [0.4, 0.5) is 0 Å². The highest BCUT2D eigenvalue weighted by Gasteiger charge is 2.27. The van der Waals surface area contributed by atoms with Crippen LogP contribution in [-0.2, 0) is 4.79 Å². The van der Waals surface area contributed by atoms with Crippen LogP contribution in [0.1, 0.15) is 41.7 Å². The molecule has 27 heavy (non-hydrogen) atoms. The third-order valence-corrected chi connectivity index (χ3v) is 4.94. The molecule has 1 atom stereocenters. The van der Waals surface area contributed by atoms with Gasteiger partial charge in [-0.2, -0.15) is 0 Å². The summed E-state index contributed by atoms with van der Waals surface area (Å²) in [6, 6.07) is 11.3. The zero-order chi connectivity index (χ0) is 19.0. The number of nitrogens with zero attached hydrogens (tertiary/aromatic N) is 4. The van der Waals surface area contributed by atoms with Crippen molar-refractivity contribution in [3.8, 4) is 5.69 Å². The molecule has 0 spiro atoms. The smallest absolute Gasteiger partial charge is 0.303 e. The molecule has 1 aliphatic heterocycles. The Hall–Kier alpha value is -2.80.